The summed E-state index contributed by atoms with van der Waals surface area (Å²) in [4.78, 5) is 28.2. The second-order valence-corrected chi connectivity index (χ2v) is 8.29. The molecule has 0 spiro atoms. The number of aromatic nitrogens is 2. The number of hydrogen-bond acceptors (Lipinski definition) is 6. The summed E-state index contributed by atoms with van der Waals surface area (Å²) < 4.78 is 6.23. The highest BCUT2D eigenvalue weighted by Crippen LogP contribution is 2.31. The standard InChI is InChI=1S/C25H27N5O2/c1-28-14-16-29(17-15-28)24-22(5-3-12-27-24)32-23-10-13-30(25(23)31)21-8-6-19(7-9-21)20-4-2-11-26-18-20/h2-9,11-12,18,23H,10,13-17H2,1H3. The minimum absolute atomic E-state index is 0.00712. The molecule has 2 aliphatic heterocycles. The Kier molecular flexibility index (Phi) is 5.73. The maximum absolute atomic E-state index is 13.1. The Balaban J connectivity index is 1.29. The highest BCUT2D eigenvalue weighted by atomic mass is 16.5. The van der Waals surface area contributed by atoms with Gasteiger partial charge in [0.15, 0.2) is 17.7 Å². The number of rotatable bonds is 5. The third-order valence-electron chi connectivity index (χ3n) is 6.15. The lowest BCUT2D eigenvalue weighted by molar-refractivity contribution is -0.122. The molecule has 32 heavy (non-hydrogen) atoms. The van der Waals surface area contributed by atoms with Crippen molar-refractivity contribution in [3.05, 3.63) is 67.1 Å². The molecule has 1 atom stereocenters. The summed E-state index contributed by atoms with van der Waals surface area (Å²) >= 11 is 0. The first-order valence-corrected chi connectivity index (χ1v) is 11.1. The van der Waals surface area contributed by atoms with Crippen molar-refractivity contribution in [2.24, 2.45) is 0 Å². The normalized spacial score (nSPS) is 19.4. The molecule has 7 nitrogen and oxygen atoms in total. The number of carbonyl (C=O) groups is 1. The molecule has 2 aliphatic rings. The molecule has 1 aromatic carbocycles. The van der Waals surface area contributed by atoms with Crippen LogP contribution in [0.2, 0.25) is 0 Å². The molecular formula is C25H27N5O2. The summed E-state index contributed by atoms with van der Waals surface area (Å²) in [6.07, 6.45) is 5.54. The van der Waals surface area contributed by atoms with Gasteiger partial charge in [-0.3, -0.25) is 9.78 Å². The van der Waals surface area contributed by atoms with Crippen LogP contribution < -0.4 is 14.5 Å². The van der Waals surface area contributed by atoms with Crippen LogP contribution in [0.1, 0.15) is 6.42 Å². The second kappa shape index (κ2) is 8.96. The van der Waals surface area contributed by atoms with Gasteiger partial charge in [-0.2, -0.15) is 0 Å². The van der Waals surface area contributed by atoms with E-state index in [1.165, 1.54) is 0 Å². The number of benzene rings is 1. The highest BCUT2D eigenvalue weighted by molar-refractivity contribution is 5.99. The maximum Gasteiger partial charge on any atom is 0.268 e. The molecule has 2 fully saturated rings. The van der Waals surface area contributed by atoms with Crippen LogP contribution in [0, 0.1) is 0 Å². The summed E-state index contributed by atoms with van der Waals surface area (Å²) in [5, 5.41) is 0. The highest BCUT2D eigenvalue weighted by Gasteiger charge is 2.35. The Labute approximate surface area is 188 Å². The fraction of sp³-hybridized carbons (Fsp3) is 0.320. The third-order valence-corrected chi connectivity index (χ3v) is 6.15. The van der Waals surface area contributed by atoms with Crippen molar-refractivity contribution in [3.8, 4) is 16.9 Å². The number of amides is 1. The van der Waals surface area contributed by atoms with Gasteiger partial charge in [0, 0.05) is 63.4 Å². The monoisotopic (exact) mass is 429 g/mol. The fourth-order valence-electron chi connectivity index (χ4n) is 4.27. The first-order chi connectivity index (χ1) is 15.7. The third kappa shape index (κ3) is 4.16. The summed E-state index contributed by atoms with van der Waals surface area (Å²) in [6, 6.07) is 15.8. The van der Waals surface area contributed by atoms with E-state index in [-0.39, 0.29) is 5.91 Å². The van der Waals surface area contributed by atoms with E-state index in [0.717, 1.165) is 48.8 Å². The molecule has 2 aromatic heterocycles. The average molecular weight is 430 g/mol. The van der Waals surface area contributed by atoms with E-state index in [9.17, 15) is 4.79 Å². The largest absolute Gasteiger partial charge is 0.477 e. The van der Waals surface area contributed by atoms with Gasteiger partial charge >= 0.3 is 0 Å². The molecule has 0 aliphatic carbocycles. The predicted molar refractivity (Wildman–Crippen MR) is 125 cm³/mol. The van der Waals surface area contributed by atoms with Crippen LogP contribution in [-0.2, 0) is 4.79 Å². The van der Waals surface area contributed by atoms with E-state index in [1.54, 1.807) is 12.4 Å². The maximum atomic E-state index is 13.1. The molecule has 1 unspecified atom stereocenters. The predicted octanol–water partition coefficient (Wildman–Crippen LogP) is 3.08. The van der Waals surface area contributed by atoms with E-state index < -0.39 is 6.10 Å². The van der Waals surface area contributed by atoms with Crippen LogP contribution in [0.15, 0.2) is 67.1 Å². The first-order valence-electron chi connectivity index (χ1n) is 11.1. The summed E-state index contributed by atoms with van der Waals surface area (Å²) in [5.74, 6) is 1.50. The lowest BCUT2D eigenvalue weighted by Gasteiger charge is -2.34. The molecule has 2 saturated heterocycles. The van der Waals surface area contributed by atoms with Gasteiger partial charge < -0.3 is 19.4 Å². The van der Waals surface area contributed by atoms with Gasteiger partial charge in [-0.05, 0) is 48.5 Å². The lowest BCUT2D eigenvalue weighted by atomic mass is 10.1. The number of carbonyl (C=O) groups excluding carboxylic acids is 1. The zero-order valence-electron chi connectivity index (χ0n) is 18.2. The van der Waals surface area contributed by atoms with E-state index in [0.29, 0.717) is 18.7 Å². The molecule has 1 amide bonds. The van der Waals surface area contributed by atoms with Crippen molar-refractivity contribution >= 4 is 17.4 Å². The molecule has 0 N–H and O–H groups in total. The number of likely N-dealkylation sites (N-methyl/N-ethyl adjacent to an activating group) is 1. The van der Waals surface area contributed by atoms with Crippen molar-refractivity contribution in [1.29, 1.82) is 0 Å². The Morgan fingerprint density at radius 2 is 1.69 bits per heavy atom. The quantitative estimate of drug-likeness (QED) is 0.621. The number of pyridine rings is 2. The number of ether oxygens (including phenoxy) is 1. The van der Waals surface area contributed by atoms with Crippen LogP contribution in [0.25, 0.3) is 11.1 Å². The van der Waals surface area contributed by atoms with Gasteiger partial charge in [0.1, 0.15) is 0 Å². The van der Waals surface area contributed by atoms with E-state index in [4.69, 9.17) is 4.74 Å². The summed E-state index contributed by atoms with van der Waals surface area (Å²) in [5.41, 5.74) is 3.02. The Morgan fingerprint density at radius 1 is 0.906 bits per heavy atom. The summed E-state index contributed by atoms with van der Waals surface area (Å²) in [7, 11) is 2.13. The van der Waals surface area contributed by atoms with Crippen molar-refractivity contribution in [2.75, 3.05) is 49.6 Å². The SMILES string of the molecule is CN1CCN(c2ncccc2OC2CCN(c3ccc(-c4cccnc4)cc3)C2=O)CC1. The van der Waals surface area contributed by atoms with Gasteiger partial charge in [0.05, 0.1) is 0 Å². The number of nitrogens with zero attached hydrogens (tertiary/aromatic N) is 5. The van der Waals surface area contributed by atoms with E-state index in [2.05, 4.69) is 26.8 Å². The van der Waals surface area contributed by atoms with E-state index in [1.807, 2.05) is 59.6 Å². The molecular weight excluding hydrogens is 402 g/mol. The van der Waals surface area contributed by atoms with Gasteiger partial charge in [0.25, 0.3) is 5.91 Å². The van der Waals surface area contributed by atoms with Crippen LogP contribution in [0.4, 0.5) is 11.5 Å². The Hall–Kier alpha value is -3.45. The Bertz CT molecular complexity index is 1070. The number of hydrogen-bond donors (Lipinski definition) is 0. The molecule has 164 valence electrons. The minimum atomic E-state index is -0.497. The Morgan fingerprint density at radius 3 is 2.44 bits per heavy atom. The smallest absolute Gasteiger partial charge is 0.268 e. The molecule has 0 radical (unpaired) electrons. The van der Waals surface area contributed by atoms with Gasteiger partial charge in [0.2, 0.25) is 0 Å². The van der Waals surface area contributed by atoms with Crippen LogP contribution in [0.3, 0.4) is 0 Å². The topological polar surface area (TPSA) is 61.8 Å². The molecule has 7 heteroatoms. The van der Waals surface area contributed by atoms with E-state index >= 15 is 0 Å². The number of anilines is 2. The molecule has 5 rings (SSSR count). The van der Waals surface area contributed by atoms with Crippen molar-refractivity contribution in [3.63, 3.8) is 0 Å². The molecule has 0 saturated carbocycles. The van der Waals surface area contributed by atoms with Crippen molar-refractivity contribution in [2.45, 2.75) is 12.5 Å². The van der Waals surface area contributed by atoms with Crippen molar-refractivity contribution in [1.82, 2.24) is 14.9 Å². The van der Waals surface area contributed by atoms with Crippen LogP contribution >= 0.6 is 0 Å². The van der Waals surface area contributed by atoms with Crippen molar-refractivity contribution < 1.29 is 9.53 Å². The average Bonchev–Trinajstić information content (AvgIpc) is 3.20. The fourth-order valence-corrected chi connectivity index (χ4v) is 4.27. The summed E-state index contributed by atoms with van der Waals surface area (Å²) in [6.45, 7) is 4.41. The molecule has 3 aromatic rings. The molecule has 0 bridgehead atoms. The molecule has 4 heterocycles. The van der Waals surface area contributed by atoms with Crippen LogP contribution in [0.5, 0.6) is 5.75 Å². The minimum Gasteiger partial charge on any atom is -0.477 e. The first kappa shape index (κ1) is 20.5. The second-order valence-electron chi connectivity index (χ2n) is 8.29. The zero-order valence-corrected chi connectivity index (χ0v) is 18.2. The lowest BCUT2D eigenvalue weighted by Crippen LogP contribution is -2.45. The number of piperazine rings is 1. The van der Waals surface area contributed by atoms with Crippen LogP contribution in [-0.4, -0.2) is 66.7 Å². The zero-order chi connectivity index (χ0) is 21.9. The van der Waals surface area contributed by atoms with Gasteiger partial charge in [-0.15, -0.1) is 0 Å². The van der Waals surface area contributed by atoms with Gasteiger partial charge in [-0.25, -0.2) is 4.98 Å². The van der Waals surface area contributed by atoms with Gasteiger partial charge in [-0.1, -0.05) is 18.2 Å².